The van der Waals surface area contributed by atoms with Gasteiger partial charge in [-0.25, -0.2) is 8.42 Å². The average Bonchev–Trinajstić information content (AvgIpc) is 2.41. The van der Waals surface area contributed by atoms with Crippen LogP contribution in [0.25, 0.3) is 0 Å². The number of carboxylic acid groups (broad SMARTS) is 1. The van der Waals surface area contributed by atoms with Crippen molar-refractivity contribution in [1.29, 1.82) is 0 Å². The molecule has 2 rings (SSSR count). The summed E-state index contributed by atoms with van der Waals surface area (Å²) in [6, 6.07) is 4.06. The van der Waals surface area contributed by atoms with E-state index in [0.717, 1.165) is 6.42 Å². The van der Waals surface area contributed by atoms with Gasteiger partial charge in [-0.3, -0.25) is 4.79 Å². The SMILES string of the molecule is O=C(O)C1(S(=O)(=O)c2cc(Cl)ccc2Cl)CCCCC1. The second-order valence-electron chi connectivity index (χ2n) is 4.94. The molecule has 0 aliphatic heterocycles. The van der Waals surface area contributed by atoms with Crippen LogP contribution >= 0.6 is 23.2 Å². The van der Waals surface area contributed by atoms with E-state index in [4.69, 9.17) is 23.2 Å². The fourth-order valence-corrected chi connectivity index (χ4v) is 5.36. The summed E-state index contributed by atoms with van der Waals surface area (Å²) in [6.07, 6.45) is 2.20. The molecule has 0 saturated heterocycles. The minimum absolute atomic E-state index is 0.000554. The molecule has 1 aliphatic carbocycles. The first-order valence-corrected chi connectivity index (χ1v) is 8.48. The Hall–Kier alpha value is -0.780. The number of benzene rings is 1. The van der Waals surface area contributed by atoms with Gasteiger partial charge in [0.25, 0.3) is 0 Å². The van der Waals surface area contributed by atoms with Crippen LogP contribution in [0.15, 0.2) is 23.1 Å². The Morgan fingerprint density at radius 1 is 1.15 bits per heavy atom. The quantitative estimate of drug-likeness (QED) is 0.915. The molecule has 0 unspecified atom stereocenters. The minimum Gasteiger partial charge on any atom is -0.480 e. The lowest BCUT2D eigenvalue weighted by Gasteiger charge is -2.32. The molecule has 1 aromatic carbocycles. The summed E-state index contributed by atoms with van der Waals surface area (Å²) in [4.78, 5) is 11.4. The van der Waals surface area contributed by atoms with Crippen molar-refractivity contribution in [1.82, 2.24) is 0 Å². The third-order valence-corrected chi connectivity index (χ3v) is 6.95. The molecule has 0 heterocycles. The predicted molar refractivity (Wildman–Crippen MR) is 77.1 cm³/mol. The average molecular weight is 337 g/mol. The Bertz CT molecular complexity index is 634. The number of hydrogen-bond acceptors (Lipinski definition) is 3. The Balaban J connectivity index is 2.62. The zero-order valence-corrected chi connectivity index (χ0v) is 12.9. The molecule has 0 radical (unpaired) electrons. The van der Waals surface area contributed by atoms with Gasteiger partial charge in [0.05, 0.1) is 9.92 Å². The van der Waals surface area contributed by atoms with E-state index in [1.807, 2.05) is 0 Å². The van der Waals surface area contributed by atoms with Crippen molar-refractivity contribution in [2.45, 2.75) is 41.7 Å². The van der Waals surface area contributed by atoms with E-state index in [0.29, 0.717) is 12.8 Å². The van der Waals surface area contributed by atoms with Gasteiger partial charge in [-0.05, 0) is 31.0 Å². The summed E-state index contributed by atoms with van der Waals surface area (Å²) in [7, 11) is -4.09. The van der Waals surface area contributed by atoms with Crippen LogP contribution in [0.2, 0.25) is 10.0 Å². The Morgan fingerprint density at radius 2 is 1.75 bits per heavy atom. The smallest absolute Gasteiger partial charge is 0.325 e. The molecule has 0 spiro atoms. The normalized spacial score (nSPS) is 18.7. The lowest BCUT2D eigenvalue weighted by atomic mass is 9.88. The summed E-state index contributed by atoms with van der Waals surface area (Å²) in [5, 5.41) is 9.70. The lowest BCUT2D eigenvalue weighted by Crippen LogP contribution is -2.48. The highest BCUT2D eigenvalue weighted by Crippen LogP contribution is 2.41. The highest BCUT2D eigenvalue weighted by atomic mass is 35.5. The van der Waals surface area contributed by atoms with E-state index < -0.39 is 20.6 Å². The van der Waals surface area contributed by atoms with Crippen molar-refractivity contribution in [3.63, 3.8) is 0 Å². The standard InChI is InChI=1S/C13H14Cl2O4S/c14-9-4-5-10(15)11(8-9)20(18,19)13(12(16)17)6-2-1-3-7-13/h4-5,8H,1-3,6-7H2,(H,16,17). The van der Waals surface area contributed by atoms with Crippen molar-refractivity contribution in [3.8, 4) is 0 Å². The van der Waals surface area contributed by atoms with E-state index in [9.17, 15) is 18.3 Å². The molecule has 0 amide bonds. The molecular formula is C13H14Cl2O4S. The first-order valence-electron chi connectivity index (χ1n) is 6.24. The van der Waals surface area contributed by atoms with Crippen LogP contribution in [0, 0.1) is 0 Å². The number of hydrogen-bond donors (Lipinski definition) is 1. The van der Waals surface area contributed by atoms with Gasteiger partial charge in [0.15, 0.2) is 14.6 Å². The first kappa shape index (κ1) is 15.6. The van der Waals surface area contributed by atoms with E-state index in [2.05, 4.69) is 0 Å². The zero-order chi connectivity index (χ0) is 15.0. The molecule has 1 saturated carbocycles. The molecule has 1 aliphatic rings. The molecule has 1 fully saturated rings. The molecule has 7 heteroatoms. The number of sulfone groups is 1. The van der Waals surface area contributed by atoms with Crippen LogP contribution in [-0.2, 0) is 14.6 Å². The van der Waals surface area contributed by atoms with E-state index in [-0.39, 0.29) is 27.8 Å². The van der Waals surface area contributed by atoms with Gasteiger partial charge in [-0.1, -0.05) is 42.5 Å². The van der Waals surface area contributed by atoms with Crippen LogP contribution in [0.5, 0.6) is 0 Å². The fraction of sp³-hybridized carbons (Fsp3) is 0.462. The number of halogens is 2. The second kappa shape index (κ2) is 5.54. The Labute approximate surface area is 127 Å². The molecule has 0 atom stereocenters. The molecule has 0 bridgehead atoms. The number of carboxylic acids is 1. The molecule has 1 aromatic rings. The van der Waals surface area contributed by atoms with Gasteiger partial charge in [0.1, 0.15) is 0 Å². The maximum absolute atomic E-state index is 12.8. The van der Waals surface area contributed by atoms with Crippen LogP contribution in [0.1, 0.15) is 32.1 Å². The Morgan fingerprint density at radius 3 is 2.30 bits per heavy atom. The van der Waals surface area contributed by atoms with Crippen molar-refractivity contribution in [3.05, 3.63) is 28.2 Å². The highest BCUT2D eigenvalue weighted by Gasteiger charge is 2.52. The largest absolute Gasteiger partial charge is 0.480 e. The molecule has 110 valence electrons. The van der Waals surface area contributed by atoms with Gasteiger partial charge in [0, 0.05) is 5.02 Å². The maximum Gasteiger partial charge on any atom is 0.325 e. The topological polar surface area (TPSA) is 71.4 Å². The number of rotatable bonds is 3. The van der Waals surface area contributed by atoms with Crippen LogP contribution in [0.4, 0.5) is 0 Å². The van der Waals surface area contributed by atoms with Crippen molar-refractivity contribution in [2.24, 2.45) is 0 Å². The van der Waals surface area contributed by atoms with Gasteiger partial charge in [-0.2, -0.15) is 0 Å². The van der Waals surface area contributed by atoms with Crippen LogP contribution < -0.4 is 0 Å². The van der Waals surface area contributed by atoms with Crippen molar-refractivity contribution < 1.29 is 18.3 Å². The predicted octanol–water partition coefficient (Wildman–Crippen LogP) is 3.55. The third-order valence-electron chi connectivity index (χ3n) is 3.75. The van der Waals surface area contributed by atoms with Gasteiger partial charge in [-0.15, -0.1) is 0 Å². The summed E-state index contributed by atoms with van der Waals surface area (Å²) in [6.45, 7) is 0. The molecular weight excluding hydrogens is 323 g/mol. The lowest BCUT2D eigenvalue weighted by molar-refractivity contribution is -0.141. The van der Waals surface area contributed by atoms with Gasteiger partial charge in [0.2, 0.25) is 0 Å². The fourth-order valence-electron chi connectivity index (χ4n) is 2.61. The number of aliphatic carboxylic acids is 1. The first-order chi connectivity index (χ1) is 9.31. The molecule has 0 aromatic heterocycles. The molecule has 1 N–H and O–H groups in total. The van der Waals surface area contributed by atoms with Gasteiger partial charge >= 0.3 is 5.97 Å². The Kier molecular flexibility index (Phi) is 4.33. The maximum atomic E-state index is 12.8. The van der Waals surface area contributed by atoms with E-state index >= 15 is 0 Å². The molecule has 20 heavy (non-hydrogen) atoms. The zero-order valence-electron chi connectivity index (χ0n) is 10.6. The third kappa shape index (κ3) is 2.43. The van der Waals surface area contributed by atoms with Crippen LogP contribution in [0.3, 0.4) is 0 Å². The summed E-state index contributed by atoms with van der Waals surface area (Å²) < 4.78 is 23.8. The van der Waals surface area contributed by atoms with Gasteiger partial charge < -0.3 is 5.11 Å². The summed E-state index contributed by atoms with van der Waals surface area (Å²) in [5.74, 6) is -1.31. The molecule has 4 nitrogen and oxygen atoms in total. The highest BCUT2D eigenvalue weighted by molar-refractivity contribution is 7.93. The van der Waals surface area contributed by atoms with Crippen molar-refractivity contribution >= 4 is 39.0 Å². The monoisotopic (exact) mass is 336 g/mol. The van der Waals surface area contributed by atoms with E-state index in [1.165, 1.54) is 18.2 Å². The number of carbonyl (C=O) groups is 1. The minimum atomic E-state index is -4.09. The van der Waals surface area contributed by atoms with Crippen LogP contribution in [-0.4, -0.2) is 24.2 Å². The van der Waals surface area contributed by atoms with Crippen molar-refractivity contribution in [2.75, 3.05) is 0 Å². The summed E-state index contributed by atoms with van der Waals surface area (Å²) >= 11 is 11.8. The second-order valence-corrected chi connectivity index (χ2v) is 8.01. The summed E-state index contributed by atoms with van der Waals surface area (Å²) in [5.41, 5.74) is 0. The van der Waals surface area contributed by atoms with E-state index in [1.54, 1.807) is 0 Å².